The molecule has 1 atom stereocenters. The maximum atomic E-state index is 4.17. The van der Waals surface area contributed by atoms with Crippen molar-refractivity contribution in [2.24, 2.45) is 0 Å². The fraction of sp³-hybridized carbons (Fsp3) is 0.0952. The average Bonchev–Trinajstić information content (AvgIpc) is 2.97. The SMILES string of the molecule is Cc1[nH]c2ccccc2c1[C@@H](Nc1ccccc1)c1ccncc1. The van der Waals surface area contributed by atoms with Crippen LogP contribution < -0.4 is 5.32 Å². The van der Waals surface area contributed by atoms with Gasteiger partial charge in [0.1, 0.15) is 0 Å². The minimum Gasteiger partial charge on any atom is -0.374 e. The second-order valence-electron chi connectivity index (χ2n) is 5.93. The highest BCUT2D eigenvalue weighted by molar-refractivity contribution is 5.86. The lowest BCUT2D eigenvalue weighted by atomic mass is 9.96. The zero-order valence-corrected chi connectivity index (χ0v) is 13.5. The fourth-order valence-corrected chi connectivity index (χ4v) is 3.25. The normalized spacial score (nSPS) is 12.2. The molecule has 2 N–H and O–H groups in total. The Kier molecular flexibility index (Phi) is 3.75. The van der Waals surface area contributed by atoms with Crippen molar-refractivity contribution in [1.29, 1.82) is 0 Å². The van der Waals surface area contributed by atoms with Crippen LogP contribution in [0, 0.1) is 6.92 Å². The quantitative estimate of drug-likeness (QED) is 0.552. The molecular formula is C21H19N3. The Hall–Kier alpha value is -3.07. The predicted molar refractivity (Wildman–Crippen MR) is 99.2 cm³/mol. The number of aromatic nitrogens is 2. The van der Waals surface area contributed by atoms with Crippen molar-refractivity contribution in [3.05, 3.63) is 95.9 Å². The van der Waals surface area contributed by atoms with Gasteiger partial charge in [-0.05, 0) is 42.8 Å². The van der Waals surface area contributed by atoms with Gasteiger partial charge in [-0.2, -0.15) is 0 Å². The van der Waals surface area contributed by atoms with Gasteiger partial charge in [-0.1, -0.05) is 36.4 Å². The first-order valence-electron chi connectivity index (χ1n) is 8.11. The highest BCUT2D eigenvalue weighted by Crippen LogP contribution is 2.34. The maximum absolute atomic E-state index is 4.17. The second kappa shape index (κ2) is 6.20. The number of anilines is 1. The molecule has 0 spiro atoms. The molecule has 3 heteroatoms. The van der Waals surface area contributed by atoms with E-state index < -0.39 is 0 Å². The van der Waals surface area contributed by atoms with Gasteiger partial charge < -0.3 is 10.3 Å². The Morgan fingerprint density at radius 2 is 1.58 bits per heavy atom. The summed E-state index contributed by atoms with van der Waals surface area (Å²) in [7, 11) is 0. The van der Waals surface area contributed by atoms with Crippen molar-refractivity contribution < 1.29 is 0 Å². The zero-order chi connectivity index (χ0) is 16.4. The van der Waals surface area contributed by atoms with Crippen molar-refractivity contribution >= 4 is 16.6 Å². The molecule has 118 valence electrons. The van der Waals surface area contributed by atoms with E-state index in [1.807, 2.05) is 30.6 Å². The summed E-state index contributed by atoms with van der Waals surface area (Å²) in [5, 5.41) is 4.93. The molecule has 0 saturated carbocycles. The van der Waals surface area contributed by atoms with Crippen LogP contribution in [0.25, 0.3) is 10.9 Å². The average molecular weight is 313 g/mol. The van der Waals surface area contributed by atoms with Gasteiger partial charge in [0.2, 0.25) is 0 Å². The molecule has 2 heterocycles. The minimum absolute atomic E-state index is 0.0616. The van der Waals surface area contributed by atoms with E-state index in [4.69, 9.17) is 0 Å². The number of fused-ring (bicyclic) bond motifs is 1. The number of nitrogens with one attached hydrogen (secondary N) is 2. The summed E-state index contributed by atoms with van der Waals surface area (Å²) in [5.74, 6) is 0. The fourth-order valence-electron chi connectivity index (χ4n) is 3.25. The first-order valence-corrected chi connectivity index (χ1v) is 8.11. The van der Waals surface area contributed by atoms with Crippen molar-refractivity contribution in [2.75, 3.05) is 5.32 Å². The molecular weight excluding hydrogens is 294 g/mol. The molecule has 0 bridgehead atoms. The lowest BCUT2D eigenvalue weighted by Gasteiger charge is -2.21. The van der Waals surface area contributed by atoms with Crippen LogP contribution in [0.4, 0.5) is 5.69 Å². The summed E-state index contributed by atoms with van der Waals surface area (Å²) in [4.78, 5) is 7.67. The van der Waals surface area contributed by atoms with Gasteiger partial charge in [-0.25, -0.2) is 0 Å². The molecule has 0 amide bonds. The Morgan fingerprint density at radius 1 is 0.875 bits per heavy atom. The molecule has 0 radical (unpaired) electrons. The number of aromatic amines is 1. The third-order valence-electron chi connectivity index (χ3n) is 4.36. The van der Waals surface area contributed by atoms with Gasteiger partial charge in [-0.15, -0.1) is 0 Å². The van der Waals surface area contributed by atoms with Crippen molar-refractivity contribution in [3.63, 3.8) is 0 Å². The van der Waals surface area contributed by atoms with Gasteiger partial charge in [-0.3, -0.25) is 4.98 Å². The highest BCUT2D eigenvalue weighted by Gasteiger charge is 2.20. The van der Waals surface area contributed by atoms with E-state index in [1.165, 1.54) is 27.7 Å². The summed E-state index contributed by atoms with van der Waals surface area (Å²) in [5.41, 5.74) is 5.92. The van der Waals surface area contributed by atoms with Crippen LogP contribution >= 0.6 is 0 Å². The minimum atomic E-state index is 0.0616. The highest BCUT2D eigenvalue weighted by atomic mass is 14.9. The number of hydrogen-bond acceptors (Lipinski definition) is 2. The summed E-state index contributed by atoms with van der Waals surface area (Å²) in [6.45, 7) is 2.14. The lowest BCUT2D eigenvalue weighted by molar-refractivity contribution is 0.928. The van der Waals surface area contributed by atoms with Gasteiger partial charge in [0, 0.05) is 40.2 Å². The molecule has 0 aliphatic rings. The van der Waals surface area contributed by atoms with Crippen molar-refractivity contribution in [3.8, 4) is 0 Å². The molecule has 0 aliphatic heterocycles. The van der Waals surface area contributed by atoms with E-state index in [-0.39, 0.29) is 6.04 Å². The van der Waals surface area contributed by atoms with Gasteiger partial charge in [0.15, 0.2) is 0 Å². The monoisotopic (exact) mass is 313 g/mol. The van der Waals surface area contributed by atoms with Crippen molar-refractivity contribution in [2.45, 2.75) is 13.0 Å². The summed E-state index contributed by atoms with van der Waals surface area (Å²) in [6.07, 6.45) is 3.69. The lowest BCUT2D eigenvalue weighted by Crippen LogP contribution is -2.13. The number of pyridine rings is 1. The van der Waals surface area contributed by atoms with Crippen LogP contribution in [0.3, 0.4) is 0 Å². The van der Waals surface area contributed by atoms with Crippen molar-refractivity contribution in [1.82, 2.24) is 9.97 Å². The largest absolute Gasteiger partial charge is 0.374 e. The van der Waals surface area contributed by atoms with E-state index >= 15 is 0 Å². The van der Waals surface area contributed by atoms with Gasteiger partial charge in [0.25, 0.3) is 0 Å². The Bertz CT molecular complexity index is 943. The number of hydrogen-bond donors (Lipinski definition) is 2. The van der Waals surface area contributed by atoms with E-state index in [1.54, 1.807) is 0 Å². The molecule has 4 aromatic rings. The van der Waals surface area contributed by atoms with Crippen LogP contribution in [0.2, 0.25) is 0 Å². The van der Waals surface area contributed by atoms with E-state index in [9.17, 15) is 0 Å². The first-order chi connectivity index (χ1) is 11.8. The number of para-hydroxylation sites is 2. The number of nitrogens with zero attached hydrogens (tertiary/aromatic N) is 1. The molecule has 0 unspecified atom stereocenters. The third kappa shape index (κ3) is 2.65. The standard InChI is InChI=1S/C21H19N3/c1-15-20(18-9-5-6-10-19(18)23-15)21(16-11-13-22-14-12-16)24-17-7-3-2-4-8-17/h2-14,21,23-24H,1H3/t21-/m0/s1. The van der Waals surface area contributed by atoms with E-state index in [0.717, 1.165) is 5.69 Å². The number of aryl methyl sites for hydroxylation is 1. The molecule has 0 saturated heterocycles. The second-order valence-corrected chi connectivity index (χ2v) is 5.93. The Balaban J connectivity index is 1.87. The van der Waals surface area contributed by atoms with Crippen LogP contribution in [-0.4, -0.2) is 9.97 Å². The van der Waals surface area contributed by atoms with Crippen LogP contribution in [0.1, 0.15) is 22.9 Å². The smallest absolute Gasteiger partial charge is 0.0791 e. The summed E-state index contributed by atoms with van der Waals surface area (Å²) < 4.78 is 0. The van der Waals surface area contributed by atoms with Crippen LogP contribution in [-0.2, 0) is 0 Å². The molecule has 0 aliphatic carbocycles. The van der Waals surface area contributed by atoms with E-state index in [0.29, 0.717) is 0 Å². The summed E-state index contributed by atoms with van der Waals surface area (Å²) in [6, 6.07) is 23.0. The zero-order valence-electron chi connectivity index (χ0n) is 13.5. The number of H-pyrrole nitrogens is 1. The first kappa shape index (κ1) is 14.5. The summed E-state index contributed by atoms with van der Waals surface area (Å²) >= 11 is 0. The molecule has 4 rings (SSSR count). The Morgan fingerprint density at radius 3 is 2.38 bits per heavy atom. The maximum Gasteiger partial charge on any atom is 0.0791 e. The number of rotatable bonds is 4. The van der Waals surface area contributed by atoms with Crippen LogP contribution in [0.15, 0.2) is 79.1 Å². The molecule has 2 aromatic carbocycles. The third-order valence-corrected chi connectivity index (χ3v) is 4.36. The van der Waals surface area contributed by atoms with Gasteiger partial charge in [0.05, 0.1) is 6.04 Å². The number of benzene rings is 2. The van der Waals surface area contributed by atoms with Crippen LogP contribution in [0.5, 0.6) is 0 Å². The Labute approximate surface area is 141 Å². The molecule has 0 fully saturated rings. The molecule has 3 nitrogen and oxygen atoms in total. The van der Waals surface area contributed by atoms with E-state index in [2.05, 4.69) is 70.7 Å². The molecule has 24 heavy (non-hydrogen) atoms. The topological polar surface area (TPSA) is 40.7 Å². The predicted octanol–water partition coefficient (Wildman–Crippen LogP) is 5.07. The molecule has 2 aromatic heterocycles. The van der Waals surface area contributed by atoms with Gasteiger partial charge >= 0.3 is 0 Å².